The number of nitrogens with zero attached hydrogens (tertiary/aromatic N) is 3. The second kappa shape index (κ2) is 14.8. The van der Waals surface area contributed by atoms with Crippen LogP contribution < -0.4 is 9.64 Å². The molecular formula is C41H50FN3O5. The third kappa shape index (κ3) is 8.11. The van der Waals surface area contributed by atoms with Crippen LogP contribution in [0, 0.1) is 19.7 Å². The fourth-order valence-corrected chi connectivity index (χ4v) is 6.63. The number of ether oxygens (including phenoxy) is 3. The van der Waals surface area contributed by atoms with Gasteiger partial charge in [-0.15, -0.1) is 13.2 Å². The quantitative estimate of drug-likeness (QED) is 0.141. The molecule has 1 saturated heterocycles. The average Bonchev–Trinajstić information content (AvgIpc) is 3.46. The van der Waals surface area contributed by atoms with Crippen molar-refractivity contribution in [2.24, 2.45) is 0 Å². The van der Waals surface area contributed by atoms with Crippen molar-refractivity contribution in [3.63, 3.8) is 0 Å². The molecule has 8 nitrogen and oxygen atoms in total. The molecule has 3 heterocycles. The van der Waals surface area contributed by atoms with Gasteiger partial charge in [0.15, 0.2) is 6.10 Å². The lowest BCUT2D eigenvalue weighted by atomic mass is 9.92. The number of carbonyl (C=O) groups is 1. The number of hydrogen-bond acceptors (Lipinski definition) is 6. The highest BCUT2D eigenvalue weighted by Gasteiger charge is 2.37. The van der Waals surface area contributed by atoms with E-state index >= 15 is 4.39 Å². The van der Waals surface area contributed by atoms with E-state index < -0.39 is 17.7 Å². The van der Waals surface area contributed by atoms with Crippen LogP contribution >= 0.6 is 0 Å². The van der Waals surface area contributed by atoms with Gasteiger partial charge in [-0.1, -0.05) is 30.4 Å². The zero-order valence-electron chi connectivity index (χ0n) is 30.4. The fraction of sp³-hybridized carbons (Fsp3) is 0.415. The van der Waals surface area contributed by atoms with E-state index in [4.69, 9.17) is 19.2 Å². The molecule has 2 atom stereocenters. The van der Waals surface area contributed by atoms with E-state index in [0.29, 0.717) is 59.9 Å². The first-order valence-corrected chi connectivity index (χ1v) is 17.2. The molecule has 50 heavy (non-hydrogen) atoms. The number of pyridine rings is 1. The molecule has 2 aromatic carbocycles. The van der Waals surface area contributed by atoms with E-state index in [2.05, 4.69) is 25.0 Å². The smallest absolute Gasteiger partial charge is 0.337 e. The Morgan fingerprint density at radius 1 is 1.10 bits per heavy atom. The van der Waals surface area contributed by atoms with Crippen LogP contribution in [-0.4, -0.2) is 57.5 Å². The second-order valence-corrected chi connectivity index (χ2v) is 14.6. The SMILES string of the molecule is C=CCOC1(C)CCN(c2c([C@H](OC(C)(C)C)C(=O)O)c(C)cc3nc(-c4cccc(-c5c(F)cc(C)cc5O[C@@H](C)CC=C)c4)cn23)CC1. The lowest BCUT2D eigenvalue weighted by molar-refractivity contribution is -0.160. The van der Waals surface area contributed by atoms with Crippen molar-refractivity contribution in [1.29, 1.82) is 0 Å². The summed E-state index contributed by atoms with van der Waals surface area (Å²) < 4.78 is 36.2. The third-order valence-electron chi connectivity index (χ3n) is 9.07. The summed E-state index contributed by atoms with van der Waals surface area (Å²) in [6.45, 7) is 22.7. The minimum atomic E-state index is -1.21. The number of fused-ring (bicyclic) bond motifs is 1. The van der Waals surface area contributed by atoms with Gasteiger partial charge in [0, 0.05) is 36.8 Å². The number of carboxylic acid groups (broad SMARTS) is 1. The summed E-state index contributed by atoms with van der Waals surface area (Å²) in [5.74, 6) is -0.227. The van der Waals surface area contributed by atoms with Gasteiger partial charge in [0.25, 0.3) is 0 Å². The van der Waals surface area contributed by atoms with Crippen LogP contribution in [0.5, 0.6) is 5.75 Å². The van der Waals surface area contributed by atoms with Crippen LogP contribution in [0.2, 0.25) is 0 Å². The molecule has 0 amide bonds. The van der Waals surface area contributed by atoms with Crippen molar-refractivity contribution >= 4 is 17.4 Å². The zero-order valence-corrected chi connectivity index (χ0v) is 30.4. The van der Waals surface area contributed by atoms with E-state index in [0.717, 1.165) is 35.3 Å². The Hall–Kier alpha value is -4.47. The lowest BCUT2D eigenvalue weighted by Gasteiger charge is -2.41. The molecular weight excluding hydrogens is 633 g/mol. The number of rotatable bonds is 13. The molecule has 0 bridgehead atoms. The van der Waals surface area contributed by atoms with Crippen LogP contribution in [-0.2, 0) is 14.3 Å². The third-order valence-corrected chi connectivity index (χ3v) is 9.07. The first-order valence-electron chi connectivity index (χ1n) is 17.2. The number of hydrogen-bond donors (Lipinski definition) is 1. The van der Waals surface area contributed by atoms with Crippen molar-refractivity contribution in [3.05, 3.63) is 96.5 Å². The summed E-state index contributed by atoms with van der Waals surface area (Å²) in [6, 6.07) is 12.9. The summed E-state index contributed by atoms with van der Waals surface area (Å²) in [4.78, 5) is 20.1. The van der Waals surface area contributed by atoms with E-state index in [1.807, 2.05) is 88.5 Å². The maximum absolute atomic E-state index is 15.7. The zero-order chi connectivity index (χ0) is 36.4. The Morgan fingerprint density at radius 2 is 1.80 bits per heavy atom. The second-order valence-electron chi connectivity index (χ2n) is 14.6. The normalized spacial score (nSPS) is 15.9. The molecule has 5 rings (SSSR count). The summed E-state index contributed by atoms with van der Waals surface area (Å²) in [6.07, 6.45) is 6.21. The number of imidazole rings is 1. The first-order chi connectivity index (χ1) is 23.6. The Balaban J connectivity index is 1.64. The summed E-state index contributed by atoms with van der Waals surface area (Å²) >= 11 is 0. The molecule has 2 aromatic heterocycles. The molecule has 9 heteroatoms. The number of aliphatic carboxylic acids is 1. The highest BCUT2D eigenvalue weighted by Crippen LogP contribution is 2.41. The van der Waals surface area contributed by atoms with Crippen LogP contribution in [0.4, 0.5) is 10.2 Å². The van der Waals surface area contributed by atoms with Crippen LogP contribution in [0.15, 0.2) is 74.0 Å². The van der Waals surface area contributed by atoms with Crippen LogP contribution in [0.25, 0.3) is 28.0 Å². The van der Waals surface area contributed by atoms with Gasteiger partial charge in [-0.25, -0.2) is 14.2 Å². The van der Waals surface area contributed by atoms with Gasteiger partial charge >= 0.3 is 5.97 Å². The highest BCUT2D eigenvalue weighted by molar-refractivity contribution is 5.81. The Morgan fingerprint density at radius 3 is 2.44 bits per heavy atom. The van der Waals surface area contributed by atoms with Crippen molar-refractivity contribution in [3.8, 4) is 28.1 Å². The number of anilines is 1. The van der Waals surface area contributed by atoms with Gasteiger partial charge in [-0.3, -0.25) is 4.40 Å². The lowest BCUT2D eigenvalue weighted by Crippen LogP contribution is -2.45. The molecule has 0 unspecified atom stereocenters. The molecule has 1 aliphatic rings. The van der Waals surface area contributed by atoms with Crippen molar-refractivity contribution in [1.82, 2.24) is 9.38 Å². The maximum atomic E-state index is 15.7. The highest BCUT2D eigenvalue weighted by atomic mass is 19.1. The summed E-state index contributed by atoms with van der Waals surface area (Å²) in [5.41, 5.74) is 4.26. The van der Waals surface area contributed by atoms with Gasteiger partial charge in [-0.2, -0.15) is 0 Å². The first kappa shape index (κ1) is 36.8. The Bertz CT molecular complexity index is 1880. The van der Waals surface area contributed by atoms with Crippen molar-refractivity contribution in [2.45, 2.75) is 91.1 Å². The maximum Gasteiger partial charge on any atom is 0.337 e. The average molecular weight is 684 g/mol. The molecule has 1 N–H and O–H groups in total. The number of carboxylic acids is 1. The molecule has 0 radical (unpaired) electrons. The monoisotopic (exact) mass is 683 g/mol. The van der Waals surface area contributed by atoms with E-state index in [-0.39, 0.29) is 17.5 Å². The molecule has 0 saturated carbocycles. The van der Waals surface area contributed by atoms with Gasteiger partial charge in [-0.05, 0) is 102 Å². The Kier molecular flexibility index (Phi) is 10.9. The van der Waals surface area contributed by atoms with Gasteiger partial charge in [0.05, 0.1) is 35.2 Å². The largest absolute Gasteiger partial charge is 0.490 e. The van der Waals surface area contributed by atoms with Gasteiger partial charge in [0.1, 0.15) is 23.0 Å². The van der Waals surface area contributed by atoms with E-state index in [1.165, 1.54) is 6.07 Å². The minimum Gasteiger partial charge on any atom is -0.490 e. The van der Waals surface area contributed by atoms with E-state index in [1.54, 1.807) is 12.2 Å². The summed E-state index contributed by atoms with van der Waals surface area (Å²) in [5, 5.41) is 10.5. The minimum absolute atomic E-state index is 0.178. The predicted octanol–water partition coefficient (Wildman–Crippen LogP) is 9.27. The number of halogens is 1. The molecule has 266 valence electrons. The standard InChI is InChI=1S/C41H50FN3O5/c1-10-13-28(5)49-33-22-26(3)21-31(42)36(33)30-15-12-14-29(24-30)32-25-45-34(43-32)23-27(4)35(37(39(46)47)50-40(6,7)8)38(45)44-18-16-41(9,17-19-44)48-20-11-2/h10-12,14-15,21-25,28,37H,1-2,13,16-20H2,3-9H3,(H,46,47)/t28-,37-/m0/s1. The fourth-order valence-electron chi connectivity index (χ4n) is 6.63. The molecule has 0 aliphatic carbocycles. The van der Waals surface area contributed by atoms with Crippen LogP contribution in [0.3, 0.4) is 0 Å². The van der Waals surface area contributed by atoms with Crippen LogP contribution in [0.1, 0.15) is 76.7 Å². The van der Waals surface area contributed by atoms with Crippen molar-refractivity contribution in [2.75, 3.05) is 24.6 Å². The molecule has 1 fully saturated rings. The number of aromatic nitrogens is 2. The topological polar surface area (TPSA) is 85.5 Å². The Labute approximate surface area is 295 Å². The number of aryl methyl sites for hydroxylation is 2. The number of benzene rings is 2. The summed E-state index contributed by atoms with van der Waals surface area (Å²) in [7, 11) is 0. The molecule has 1 aliphatic heterocycles. The van der Waals surface area contributed by atoms with Gasteiger partial charge < -0.3 is 24.2 Å². The van der Waals surface area contributed by atoms with Gasteiger partial charge in [0.2, 0.25) is 0 Å². The molecule has 0 spiro atoms. The number of piperidine rings is 1. The predicted molar refractivity (Wildman–Crippen MR) is 198 cm³/mol. The molecule has 4 aromatic rings. The van der Waals surface area contributed by atoms with Crippen molar-refractivity contribution < 1.29 is 28.5 Å². The van der Waals surface area contributed by atoms with E-state index in [9.17, 15) is 9.90 Å².